The second kappa shape index (κ2) is 3.67. The number of halogens is 4. The van der Waals surface area contributed by atoms with Crippen molar-refractivity contribution in [2.24, 2.45) is 0 Å². The third kappa shape index (κ3) is 1.86. The molecule has 0 aliphatic heterocycles. The predicted molar refractivity (Wildman–Crippen MR) is 48.4 cm³/mol. The molecule has 0 radical (unpaired) electrons. The van der Waals surface area contributed by atoms with Gasteiger partial charge in [0.2, 0.25) is 0 Å². The minimum Gasteiger partial charge on any atom is -0.258 e. The minimum absolute atomic E-state index is 0.114. The highest BCUT2D eigenvalue weighted by Crippen LogP contribution is 2.35. The van der Waals surface area contributed by atoms with Gasteiger partial charge in [0, 0.05) is 0 Å². The van der Waals surface area contributed by atoms with Crippen LogP contribution >= 0.6 is 31.9 Å². The van der Waals surface area contributed by atoms with E-state index < -0.39 is 22.2 Å². The molecule has 0 saturated carbocycles. The van der Waals surface area contributed by atoms with Crippen LogP contribution in [-0.4, -0.2) is 4.92 Å². The number of rotatable bonds is 1. The minimum atomic E-state index is -1.26. The summed E-state index contributed by atoms with van der Waals surface area (Å²) in [6.07, 6.45) is 0. The first-order chi connectivity index (χ1) is 5.95. The summed E-state index contributed by atoms with van der Waals surface area (Å²) in [5.41, 5.74) is -0.522. The van der Waals surface area contributed by atoms with Crippen molar-refractivity contribution in [2.45, 2.75) is 0 Å². The summed E-state index contributed by atoms with van der Waals surface area (Å²) in [6.45, 7) is 0. The molecule has 70 valence electrons. The molecule has 0 amide bonds. The van der Waals surface area contributed by atoms with Gasteiger partial charge in [0.25, 0.3) is 5.69 Å². The Morgan fingerprint density at radius 3 is 2.31 bits per heavy atom. The van der Waals surface area contributed by atoms with Crippen LogP contribution in [0, 0.1) is 21.7 Å². The Kier molecular flexibility index (Phi) is 2.97. The second-order valence-electron chi connectivity index (χ2n) is 2.08. The molecule has 0 atom stereocenters. The molecule has 0 saturated heterocycles. The highest BCUT2D eigenvalue weighted by molar-refractivity contribution is 9.13. The van der Waals surface area contributed by atoms with Gasteiger partial charge in [-0.05, 0) is 31.9 Å². The first-order valence-corrected chi connectivity index (χ1v) is 4.51. The van der Waals surface area contributed by atoms with Crippen LogP contribution in [0.25, 0.3) is 0 Å². The van der Waals surface area contributed by atoms with Crippen LogP contribution in [0.15, 0.2) is 15.0 Å². The Bertz CT molecular complexity index is 383. The van der Waals surface area contributed by atoms with E-state index in [4.69, 9.17) is 0 Å². The van der Waals surface area contributed by atoms with E-state index in [9.17, 15) is 18.9 Å². The van der Waals surface area contributed by atoms with Crippen LogP contribution in [-0.2, 0) is 0 Å². The molecule has 13 heavy (non-hydrogen) atoms. The molecule has 0 aliphatic rings. The summed E-state index contributed by atoms with van der Waals surface area (Å²) >= 11 is 5.45. The highest BCUT2D eigenvalue weighted by atomic mass is 79.9. The maximum atomic E-state index is 12.8. The van der Waals surface area contributed by atoms with E-state index in [0.717, 1.165) is 0 Å². The lowest BCUT2D eigenvalue weighted by molar-refractivity contribution is -0.386. The fourth-order valence-corrected chi connectivity index (χ4v) is 1.52. The molecule has 0 fully saturated rings. The van der Waals surface area contributed by atoms with E-state index in [1.165, 1.54) is 0 Å². The number of benzene rings is 1. The molecule has 3 nitrogen and oxygen atoms in total. The van der Waals surface area contributed by atoms with Gasteiger partial charge in [0.1, 0.15) is 4.47 Å². The largest absolute Gasteiger partial charge is 0.287 e. The zero-order chi connectivity index (χ0) is 10.2. The zero-order valence-electron chi connectivity index (χ0n) is 5.85. The smallest absolute Gasteiger partial charge is 0.258 e. The van der Waals surface area contributed by atoms with E-state index in [2.05, 4.69) is 31.9 Å². The molecular weight excluding hydrogens is 316 g/mol. The summed E-state index contributed by atoms with van der Waals surface area (Å²) in [6, 6.07) is 0.518. The third-order valence-electron chi connectivity index (χ3n) is 1.28. The van der Waals surface area contributed by atoms with Gasteiger partial charge in [-0.1, -0.05) is 0 Å². The predicted octanol–water partition coefficient (Wildman–Crippen LogP) is 3.40. The summed E-state index contributed by atoms with van der Waals surface area (Å²) in [4.78, 5) is 9.49. The van der Waals surface area contributed by atoms with Gasteiger partial charge in [-0.25, -0.2) is 8.78 Å². The van der Waals surface area contributed by atoms with Crippen LogP contribution in [0.1, 0.15) is 0 Å². The number of nitrogens with zero attached hydrogens (tertiary/aromatic N) is 1. The van der Waals surface area contributed by atoms with Gasteiger partial charge in [0.05, 0.1) is 15.5 Å². The lowest BCUT2D eigenvalue weighted by Gasteiger charge is -2.00. The summed E-state index contributed by atoms with van der Waals surface area (Å²) in [5.74, 6) is -2.42. The third-order valence-corrected chi connectivity index (χ3v) is 3.36. The molecule has 0 N–H and O–H groups in total. The topological polar surface area (TPSA) is 43.1 Å². The van der Waals surface area contributed by atoms with Crippen molar-refractivity contribution in [2.75, 3.05) is 0 Å². The fraction of sp³-hybridized carbons (Fsp3) is 0. The van der Waals surface area contributed by atoms with Crippen LogP contribution in [0.4, 0.5) is 14.5 Å². The molecular formula is C6HBr2F2NO2. The van der Waals surface area contributed by atoms with Crippen LogP contribution in [0.3, 0.4) is 0 Å². The monoisotopic (exact) mass is 315 g/mol. The highest BCUT2D eigenvalue weighted by Gasteiger charge is 2.21. The summed E-state index contributed by atoms with van der Waals surface area (Å²) < 4.78 is 25.0. The van der Waals surface area contributed by atoms with E-state index in [0.29, 0.717) is 6.07 Å². The Morgan fingerprint density at radius 2 is 1.85 bits per heavy atom. The van der Waals surface area contributed by atoms with Crippen molar-refractivity contribution in [3.05, 3.63) is 36.8 Å². The second-order valence-corrected chi connectivity index (χ2v) is 3.66. The number of hydrogen-bond acceptors (Lipinski definition) is 2. The van der Waals surface area contributed by atoms with E-state index in [-0.39, 0.29) is 8.95 Å². The Labute approximate surface area is 88.2 Å². The van der Waals surface area contributed by atoms with Crippen molar-refractivity contribution in [1.82, 2.24) is 0 Å². The van der Waals surface area contributed by atoms with Gasteiger partial charge < -0.3 is 0 Å². The Morgan fingerprint density at radius 1 is 1.31 bits per heavy atom. The van der Waals surface area contributed by atoms with Gasteiger partial charge >= 0.3 is 0 Å². The Hall–Kier alpha value is -0.560. The lowest BCUT2D eigenvalue weighted by atomic mass is 10.3. The molecule has 0 aromatic heterocycles. The molecule has 0 heterocycles. The first kappa shape index (κ1) is 10.5. The van der Waals surface area contributed by atoms with Crippen LogP contribution in [0.2, 0.25) is 0 Å². The van der Waals surface area contributed by atoms with Crippen molar-refractivity contribution in [3.8, 4) is 0 Å². The van der Waals surface area contributed by atoms with E-state index in [1.807, 2.05) is 0 Å². The summed E-state index contributed by atoms with van der Waals surface area (Å²) in [5, 5.41) is 10.3. The SMILES string of the molecule is O=[N+]([O-])c1cc(F)c(F)c(Br)c1Br. The maximum Gasteiger partial charge on any atom is 0.287 e. The number of nitro benzene ring substituents is 1. The van der Waals surface area contributed by atoms with Crippen molar-refractivity contribution < 1.29 is 13.7 Å². The molecule has 7 heteroatoms. The van der Waals surface area contributed by atoms with Crippen molar-refractivity contribution in [3.63, 3.8) is 0 Å². The Balaban J connectivity index is 3.50. The van der Waals surface area contributed by atoms with E-state index in [1.54, 1.807) is 0 Å². The van der Waals surface area contributed by atoms with Crippen LogP contribution in [0.5, 0.6) is 0 Å². The van der Waals surface area contributed by atoms with E-state index >= 15 is 0 Å². The lowest BCUT2D eigenvalue weighted by Crippen LogP contribution is -1.95. The molecule has 1 rings (SSSR count). The maximum absolute atomic E-state index is 12.8. The molecule has 0 aliphatic carbocycles. The molecule has 1 aromatic rings. The molecule has 0 bridgehead atoms. The van der Waals surface area contributed by atoms with Gasteiger partial charge in [-0.2, -0.15) is 0 Å². The first-order valence-electron chi connectivity index (χ1n) is 2.92. The van der Waals surface area contributed by atoms with Crippen LogP contribution < -0.4 is 0 Å². The molecule has 0 spiro atoms. The summed E-state index contributed by atoms with van der Waals surface area (Å²) in [7, 11) is 0. The molecule has 1 aromatic carbocycles. The van der Waals surface area contributed by atoms with Crippen molar-refractivity contribution >= 4 is 37.5 Å². The van der Waals surface area contributed by atoms with Gasteiger partial charge in [0.15, 0.2) is 11.6 Å². The van der Waals surface area contributed by atoms with Crippen molar-refractivity contribution in [1.29, 1.82) is 0 Å². The quantitative estimate of drug-likeness (QED) is 0.345. The number of nitro groups is 1. The van der Waals surface area contributed by atoms with Gasteiger partial charge in [-0.3, -0.25) is 10.1 Å². The average molecular weight is 317 g/mol. The number of hydrogen-bond donors (Lipinski definition) is 0. The fourth-order valence-electron chi connectivity index (χ4n) is 0.693. The molecule has 0 unspecified atom stereocenters. The standard InChI is InChI=1S/C6HBr2F2NO2/c7-4-3(11(12)13)1-2(9)6(10)5(4)8/h1H. The normalized spacial score (nSPS) is 10.2. The zero-order valence-corrected chi connectivity index (χ0v) is 9.02. The average Bonchev–Trinajstić information content (AvgIpc) is 2.07. The van der Waals surface area contributed by atoms with Gasteiger partial charge in [-0.15, -0.1) is 0 Å².